The maximum absolute atomic E-state index is 10.8. The van der Waals surface area contributed by atoms with E-state index in [0.29, 0.717) is 11.3 Å². The molecule has 1 fully saturated rings. The summed E-state index contributed by atoms with van der Waals surface area (Å²) in [6, 6.07) is 6.31. The molecule has 0 amide bonds. The zero-order chi connectivity index (χ0) is 12.5. The van der Waals surface area contributed by atoms with E-state index in [2.05, 4.69) is 26.0 Å². The van der Waals surface area contributed by atoms with Crippen molar-refractivity contribution in [3.05, 3.63) is 34.9 Å². The first-order valence-corrected chi connectivity index (χ1v) is 6.57. The third-order valence-corrected chi connectivity index (χ3v) is 4.23. The average Bonchev–Trinajstić information content (AvgIpc) is 2.29. The van der Waals surface area contributed by atoms with Gasteiger partial charge in [-0.2, -0.15) is 0 Å². The van der Waals surface area contributed by atoms with E-state index in [1.165, 1.54) is 31.2 Å². The van der Waals surface area contributed by atoms with Crippen LogP contribution in [0.2, 0.25) is 0 Å². The molecule has 2 rings (SSSR count). The van der Waals surface area contributed by atoms with Crippen LogP contribution in [0.15, 0.2) is 18.2 Å². The summed E-state index contributed by atoms with van der Waals surface area (Å²) in [6.07, 6.45) is 6.14. The Bertz CT molecular complexity index is 408. The number of aryl methyl sites for hydroxylation is 1. The van der Waals surface area contributed by atoms with Crippen LogP contribution in [0.5, 0.6) is 0 Å². The van der Waals surface area contributed by atoms with E-state index in [1.54, 1.807) is 0 Å². The van der Waals surface area contributed by atoms with Gasteiger partial charge in [0.2, 0.25) is 0 Å². The molecule has 0 unspecified atom stereocenters. The molecule has 0 aliphatic heterocycles. The van der Waals surface area contributed by atoms with Crippen LogP contribution >= 0.6 is 0 Å². The number of hydrogen-bond donors (Lipinski definition) is 0. The van der Waals surface area contributed by atoms with Crippen LogP contribution in [0.1, 0.15) is 66.9 Å². The Hall–Kier alpha value is -1.11. The number of rotatable bonds is 2. The van der Waals surface area contributed by atoms with Gasteiger partial charge < -0.3 is 0 Å². The Labute approximate surface area is 104 Å². The number of aldehydes is 1. The molecule has 1 saturated carbocycles. The molecule has 1 nitrogen and oxygen atoms in total. The maximum Gasteiger partial charge on any atom is 0.150 e. The standard InChI is InChI=1S/C16H22O/c1-12-10-14(4-5-15(12)11-17)13-6-8-16(2,3)9-7-13/h4-5,10-11,13H,6-9H2,1-3H3. The summed E-state index contributed by atoms with van der Waals surface area (Å²) in [7, 11) is 0. The lowest BCUT2D eigenvalue weighted by Gasteiger charge is -2.34. The van der Waals surface area contributed by atoms with Crippen molar-refractivity contribution in [2.45, 2.75) is 52.4 Å². The fraction of sp³-hybridized carbons (Fsp3) is 0.562. The summed E-state index contributed by atoms with van der Waals surface area (Å²) in [5.41, 5.74) is 3.88. The van der Waals surface area contributed by atoms with Crippen LogP contribution in [0, 0.1) is 12.3 Å². The minimum Gasteiger partial charge on any atom is -0.298 e. The molecule has 0 heterocycles. The summed E-state index contributed by atoms with van der Waals surface area (Å²) >= 11 is 0. The van der Waals surface area contributed by atoms with Crippen molar-refractivity contribution in [3.63, 3.8) is 0 Å². The van der Waals surface area contributed by atoms with Crippen molar-refractivity contribution in [2.24, 2.45) is 5.41 Å². The van der Waals surface area contributed by atoms with Crippen LogP contribution in [-0.4, -0.2) is 6.29 Å². The quantitative estimate of drug-likeness (QED) is 0.684. The molecule has 1 aliphatic carbocycles. The van der Waals surface area contributed by atoms with Gasteiger partial charge in [-0.15, -0.1) is 0 Å². The molecular formula is C16H22O. The first-order valence-electron chi connectivity index (χ1n) is 6.57. The number of hydrogen-bond acceptors (Lipinski definition) is 1. The molecule has 0 N–H and O–H groups in total. The van der Waals surface area contributed by atoms with Gasteiger partial charge in [0.25, 0.3) is 0 Å². The van der Waals surface area contributed by atoms with Gasteiger partial charge in [0.05, 0.1) is 0 Å². The van der Waals surface area contributed by atoms with Crippen LogP contribution in [0.3, 0.4) is 0 Å². The molecule has 1 aromatic carbocycles. The minimum atomic E-state index is 0.522. The van der Waals surface area contributed by atoms with Gasteiger partial charge >= 0.3 is 0 Å². The number of carbonyl (C=O) groups excluding carboxylic acids is 1. The Kier molecular flexibility index (Phi) is 3.37. The lowest BCUT2D eigenvalue weighted by Crippen LogP contribution is -2.20. The molecule has 0 spiro atoms. The largest absolute Gasteiger partial charge is 0.298 e. The van der Waals surface area contributed by atoms with Crippen molar-refractivity contribution in [3.8, 4) is 0 Å². The predicted molar refractivity (Wildman–Crippen MR) is 71.6 cm³/mol. The normalized spacial score (nSPS) is 20.2. The molecule has 1 aliphatic rings. The highest BCUT2D eigenvalue weighted by molar-refractivity contribution is 5.77. The van der Waals surface area contributed by atoms with Crippen molar-refractivity contribution >= 4 is 6.29 Å². The zero-order valence-electron chi connectivity index (χ0n) is 11.1. The Balaban J connectivity index is 2.14. The van der Waals surface area contributed by atoms with Gasteiger partial charge in [0, 0.05) is 5.56 Å². The van der Waals surface area contributed by atoms with E-state index < -0.39 is 0 Å². The van der Waals surface area contributed by atoms with Gasteiger partial charge in [0.15, 0.2) is 0 Å². The lowest BCUT2D eigenvalue weighted by atomic mass is 9.71. The number of benzene rings is 1. The fourth-order valence-corrected chi connectivity index (χ4v) is 2.82. The summed E-state index contributed by atoms with van der Waals surface area (Å²) in [5.74, 6) is 0.697. The highest BCUT2D eigenvalue weighted by atomic mass is 16.1. The predicted octanol–water partition coefficient (Wildman–Crippen LogP) is 4.49. The van der Waals surface area contributed by atoms with Crippen LogP contribution < -0.4 is 0 Å². The molecular weight excluding hydrogens is 208 g/mol. The van der Waals surface area contributed by atoms with Crippen LogP contribution in [0.25, 0.3) is 0 Å². The van der Waals surface area contributed by atoms with Crippen molar-refractivity contribution < 1.29 is 4.79 Å². The van der Waals surface area contributed by atoms with E-state index in [-0.39, 0.29) is 0 Å². The molecule has 1 aromatic rings. The van der Waals surface area contributed by atoms with Gasteiger partial charge in [0.1, 0.15) is 6.29 Å². The summed E-state index contributed by atoms with van der Waals surface area (Å²) in [6.45, 7) is 6.76. The van der Waals surface area contributed by atoms with Crippen molar-refractivity contribution in [1.29, 1.82) is 0 Å². The van der Waals surface area contributed by atoms with Crippen LogP contribution in [0.4, 0.5) is 0 Å². The van der Waals surface area contributed by atoms with E-state index in [9.17, 15) is 4.79 Å². The lowest BCUT2D eigenvalue weighted by molar-refractivity contribution is 0.112. The van der Waals surface area contributed by atoms with E-state index in [4.69, 9.17) is 0 Å². The van der Waals surface area contributed by atoms with Gasteiger partial charge in [-0.3, -0.25) is 4.79 Å². The molecule has 1 heteroatoms. The van der Waals surface area contributed by atoms with Gasteiger partial charge in [-0.25, -0.2) is 0 Å². The summed E-state index contributed by atoms with van der Waals surface area (Å²) in [5, 5.41) is 0. The molecule has 92 valence electrons. The summed E-state index contributed by atoms with van der Waals surface area (Å²) < 4.78 is 0. The van der Waals surface area contributed by atoms with Gasteiger partial charge in [-0.05, 0) is 55.1 Å². The fourth-order valence-electron chi connectivity index (χ4n) is 2.82. The number of carbonyl (C=O) groups is 1. The Morgan fingerprint density at radius 1 is 1.24 bits per heavy atom. The third-order valence-electron chi connectivity index (χ3n) is 4.23. The second kappa shape index (κ2) is 4.64. The second-order valence-electron chi connectivity index (χ2n) is 6.17. The first kappa shape index (κ1) is 12.3. The highest BCUT2D eigenvalue weighted by Crippen LogP contribution is 2.42. The van der Waals surface area contributed by atoms with Crippen molar-refractivity contribution in [2.75, 3.05) is 0 Å². The monoisotopic (exact) mass is 230 g/mol. The second-order valence-corrected chi connectivity index (χ2v) is 6.17. The topological polar surface area (TPSA) is 17.1 Å². The van der Waals surface area contributed by atoms with Gasteiger partial charge in [-0.1, -0.05) is 32.0 Å². The zero-order valence-corrected chi connectivity index (χ0v) is 11.1. The molecule has 0 aromatic heterocycles. The average molecular weight is 230 g/mol. The Morgan fingerprint density at radius 3 is 2.41 bits per heavy atom. The molecule has 0 atom stereocenters. The van der Waals surface area contributed by atoms with E-state index in [1.807, 2.05) is 13.0 Å². The maximum atomic E-state index is 10.8. The smallest absolute Gasteiger partial charge is 0.150 e. The molecule has 17 heavy (non-hydrogen) atoms. The molecule has 0 bridgehead atoms. The van der Waals surface area contributed by atoms with Crippen molar-refractivity contribution in [1.82, 2.24) is 0 Å². The van der Waals surface area contributed by atoms with E-state index in [0.717, 1.165) is 17.4 Å². The molecule has 0 radical (unpaired) electrons. The third kappa shape index (κ3) is 2.77. The SMILES string of the molecule is Cc1cc(C2CCC(C)(C)CC2)ccc1C=O. The Morgan fingerprint density at radius 2 is 1.88 bits per heavy atom. The molecule has 0 saturated heterocycles. The van der Waals surface area contributed by atoms with Crippen LogP contribution in [-0.2, 0) is 0 Å². The summed E-state index contributed by atoms with van der Waals surface area (Å²) in [4.78, 5) is 10.8. The first-order chi connectivity index (χ1) is 8.02. The van der Waals surface area contributed by atoms with E-state index >= 15 is 0 Å². The highest BCUT2D eigenvalue weighted by Gasteiger charge is 2.27. The minimum absolute atomic E-state index is 0.522.